The second-order valence-corrected chi connectivity index (χ2v) is 7.67. The van der Waals surface area contributed by atoms with E-state index >= 15 is 0 Å². The zero-order valence-corrected chi connectivity index (χ0v) is 17.7. The molecule has 0 saturated heterocycles. The van der Waals surface area contributed by atoms with Gasteiger partial charge in [0, 0.05) is 17.9 Å². The molecule has 8 heteroatoms. The second kappa shape index (κ2) is 9.05. The molecule has 3 N–H and O–H groups in total. The molecular formula is C20H27N7S. The summed E-state index contributed by atoms with van der Waals surface area (Å²) in [5.74, 6) is 1.88. The van der Waals surface area contributed by atoms with Crippen LogP contribution in [0.1, 0.15) is 42.5 Å². The van der Waals surface area contributed by atoms with Gasteiger partial charge in [0.15, 0.2) is 5.16 Å². The number of anilines is 3. The Morgan fingerprint density at radius 1 is 1.07 bits per heavy atom. The molecule has 2 aromatic heterocycles. The molecule has 0 aliphatic carbocycles. The molecule has 2 heterocycles. The van der Waals surface area contributed by atoms with Crippen molar-refractivity contribution in [3.8, 4) is 0 Å². The minimum atomic E-state index is 0.211. The maximum atomic E-state index is 5.91. The molecule has 1 aromatic carbocycles. The third-order valence-corrected chi connectivity index (χ3v) is 5.55. The molecule has 0 amide bonds. The van der Waals surface area contributed by atoms with Gasteiger partial charge in [0.25, 0.3) is 0 Å². The van der Waals surface area contributed by atoms with Crippen LogP contribution in [0.25, 0.3) is 0 Å². The van der Waals surface area contributed by atoms with Gasteiger partial charge in [-0.25, -0.2) is 4.98 Å². The fourth-order valence-electron chi connectivity index (χ4n) is 2.83. The lowest BCUT2D eigenvalue weighted by Gasteiger charge is -2.10. The summed E-state index contributed by atoms with van der Waals surface area (Å²) in [6, 6.07) is 7.98. The Labute approximate surface area is 170 Å². The normalized spacial score (nSPS) is 11.0. The predicted molar refractivity (Wildman–Crippen MR) is 115 cm³/mol. The van der Waals surface area contributed by atoms with Gasteiger partial charge < -0.3 is 15.6 Å². The van der Waals surface area contributed by atoms with Crippen LogP contribution in [-0.2, 0) is 12.3 Å². The maximum absolute atomic E-state index is 5.91. The lowest BCUT2D eigenvalue weighted by Crippen LogP contribution is -2.07. The number of para-hydroxylation sites is 1. The topological polar surface area (TPSA) is 94.5 Å². The van der Waals surface area contributed by atoms with Crippen molar-refractivity contribution in [3.63, 3.8) is 0 Å². The van der Waals surface area contributed by atoms with Crippen LogP contribution in [0.15, 0.2) is 29.4 Å². The Hall–Kier alpha value is -2.61. The fraction of sp³-hybridized carbons (Fsp3) is 0.400. The molecule has 0 saturated carbocycles. The van der Waals surface area contributed by atoms with E-state index in [2.05, 4.69) is 38.7 Å². The smallest absolute Gasteiger partial charge is 0.232 e. The number of thioether (sulfide) groups is 1. The van der Waals surface area contributed by atoms with Crippen LogP contribution in [0.4, 0.5) is 17.6 Å². The molecule has 0 bridgehead atoms. The third kappa shape index (κ3) is 4.81. The molecule has 0 radical (unpaired) electrons. The third-order valence-electron chi connectivity index (χ3n) is 4.58. The second-order valence-electron chi connectivity index (χ2n) is 6.73. The summed E-state index contributed by atoms with van der Waals surface area (Å²) in [5.41, 5.74) is 10.3. The average molecular weight is 398 g/mol. The highest BCUT2D eigenvalue weighted by Crippen LogP contribution is 2.25. The van der Waals surface area contributed by atoms with Crippen molar-refractivity contribution in [2.45, 2.75) is 58.0 Å². The van der Waals surface area contributed by atoms with Crippen molar-refractivity contribution in [2.75, 3.05) is 11.1 Å². The Balaban J connectivity index is 1.76. The number of nitrogens with zero attached hydrogens (tertiary/aromatic N) is 5. The van der Waals surface area contributed by atoms with Crippen LogP contribution in [0.2, 0.25) is 0 Å². The summed E-state index contributed by atoms with van der Waals surface area (Å²) < 4.78 is 2.28. The highest BCUT2D eigenvalue weighted by molar-refractivity contribution is 7.98. The lowest BCUT2D eigenvalue weighted by molar-refractivity contribution is 0.575. The number of imidazole rings is 1. The van der Waals surface area contributed by atoms with E-state index in [0.717, 1.165) is 41.5 Å². The zero-order valence-electron chi connectivity index (χ0n) is 16.9. The number of nitrogens with one attached hydrogen (secondary N) is 1. The van der Waals surface area contributed by atoms with E-state index in [1.54, 1.807) is 11.8 Å². The minimum absolute atomic E-state index is 0.211. The maximum Gasteiger partial charge on any atom is 0.232 e. The summed E-state index contributed by atoms with van der Waals surface area (Å²) in [4.78, 5) is 17.8. The number of unbranched alkanes of at least 4 members (excludes halogenated alkanes) is 1. The number of hydrogen-bond donors (Lipinski definition) is 2. The van der Waals surface area contributed by atoms with Crippen LogP contribution in [0.5, 0.6) is 0 Å². The molecule has 3 aromatic rings. The number of nitrogens with two attached hydrogens (primary N) is 1. The van der Waals surface area contributed by atoms with Gasteiger partial charge in [-0.3, -0.25) is 0 Å². The number of aromatic nitrogens is 5. The van der Waals surface area contributed by atoms with Crippen molar-refractivity contribution in [2.24, 2.45) is 0 Å². The van der Waals surface area contributed by atoms with Crippen molar-refractivity contribution in [1.82, 2.24) is 24.5 Å². The van der Waals surface area contributed by atoms with E-state index in [0.29, 0.717) is 17.5 Å². The Bertz CT molecular complexity index is 952. The zero-order chi connectivity index (χ0) is 20.1. The van der Waals surface area contributed by atoms with Crippen molar-refractivity contribution >= 4 is 29.3 Å². The number of hydrogen-bond acceptors (Lipinski definition) is 7. The monoisotopic (exact) mass is 397 g/mol. The van der Waals surface area contributed by atoms with Crippen LogP contribution in [-0.4, -0.2) is 24.5 Å². The molecule has 148 valence electrons. The van der Waals surface area contributed by atoms with Gasteiger partial charge >= 0.3 is 0 Å². The summed E-state index contributed by atoms with van der Waals surface area (Å²) in [6.45, 7) is 9.37. The van der Waals surface area contributed by atoms with Crippen LogP contribution in [0, 0.1) is 20.8 Å². The first-order chi connectivity index (χ1) is 13.5. The molecule has 0 aliphatic heterocycles. The van der Waals surface area contributed by atoms with Crippen molar-refractivity contribution in [1.29, 1.82) is 0 Å². The standard InChI is InChI=1S/C20H27N7S/c1-5-6-11-27-15(4)14(3)22-20(27)28-12-17-24-18(21)26-19(25-17)23-16-10-8-7-9-13(16)2/h7-10H,5-6,11-12H2,1-4H3,(H3,21,23,24,25,26). The van der Waals surface area contributed by atoms with Gasteiger partial charge in [-0.1, -0.05) is 43.3 Å². The number of nitrogen functional groups attached to an aromatic ring is 1. The van der Waals surface area contributed by atoms with Crippen molar-refractivity contribution in [3.05, 3.63) is 47.0 Å². The molecule has 0 atom stereocenters. The molecule has 0 fully saturated rings. The molecule has 0 unspecified atom stereocenters. The number of rotatable bonds is 8. The predicted octanol–water partition coefficient (Wildman–Crippen LogP) is 4.41. The highest BCUT2D eigenvalue weighted by atomic mass is 32.2. The highest BCUT2D eigenvalue weighted by Gasteiger charge is 2.13. The summed E-state index contributed by atoms with van der Waals surface area (Å²) in [7, 11) is 0. The van der Waals surface area contributed by atoms with Gasteiger partial charge in [-0.15, -0.1) is 0 Å². The molecule has 28 heavy (non-hydrogen) atoms. The van der Waals surface area contributed by atoms with Gasteiger partial charge in [0.1, 0.15) is 5.82 Å². The number of benzene rings is 1. The summed E-state index contributed by atoms with van der Waals surface area (Å²) >= 11 is 1.63. The van der Waals surface area contributed by atoms with E-state index in [-0.39, 0.29) is 5.95 Å². The Kier molecular flexibility index (Phi) is 6.51. The minimum Gasteiger partial charge on any atom is -0.368 e. The molecule has 0 spiro atoms. The quantitative estimate of drug-likeness (QED) is 0.544. The van der Waals surface area contributed by atoms with Gasteiger partial charge in [-0.2, -0.15) is 15.0 Å². The fourth-order valence-corrected chi connectivity index (χ4v) is 3.81. The lowest BCUT2D eigenvalue weighted by atomic mass is 10.2. The first kappa shape index (κ1) is 20.1. The van der Waals surface area contributed by atoms with Crippen LogP contribution < -0.4 is 11.1 Å². The van der Waals surface area contributed by atoms with Gasteiger partial charge in [-0.05, 0) is 38.8 Å². The van der Waals surface area contributed by atoms with Gasteiger partial charge in [0.05, 0.1) is 11.4 Å². The molecule has 3 rings (SSSR count). The Morgan fingerprint density at radius 2 is 1.86 bits per heavy atom. The van der Waals surface area contributed by atoms with Crippen molar-refractivity contribution < 1.29 is 0 Å². The first-order valence-corrected chi connectivity index (χ1v) is 10.5. The van der Waals surface area contributed by atoms with E-state index in [1.807, 2.05) is 38.1 Å². The Morgan fingerprint density at radius 3 is 2.61 bits per heavy atom. The van der Waals surface area contributed by atoms with E-state index < -0.39 is 0 Å². The van der Waals surface area contributed by atoms with Crippen LogP contribution >= 0.6 is 11.8 Å². The average Bonchev–Trinajstić information content (AvgIpc) is 2.93. The molecule has 0 aliphatic rings. The van der Waals surface area contributed by atoms with Gasteiger partial charge in [0.2, 0.25) is 11.9 Å². The largest absolute Gasteiger partial charge is 0.368 e. The first-order valence-electron chi connectivity index (χ1n) is 9.47. The molecule has 7 nitrogen and oxygen atoms in total. The van der Waals surface area contributed by atoms with E-state index in [4.69, 9.17) is 10.7 Å². The SMILES string of the molecule is CCCCn1c(SCc2nc(N)nc(Nc3ccccc3C)n2)nc(C)c1C. The van der Waals surface area contributed by atoms with Crippen LogP contribution in [0.3, 0.4) is 0 Å². The summed E-state index contributed by atoms with van der Waals surface area (Å²) in [5, 5.41) is 4.23. The van der Waals surface area contributed by atoms with E-state index in [9.17, 15) is 0 Å². The molecular weight excluding hydrogens is 370 g/mol. The summed E-state index contributed by atoms with van der Waals surface area (Å²) in [6.07, 6.45) is 2.28. The number of aryl methyl sites for hydroxylation is 2. The van der Waals surface area contributed by atoms with E-state index in [1.165, 1.54) is 5.69 Å².